The fourth-order valence-corrected chi connectivity index (χ4v) is 5.01. The van der Waals surface area contributed by atoms with E-state index in [2.05, 4.69) is 40.5 Å². The highest BCUT2D eigenvalue weighted by atomic mass is 32.2. The predicted octanol–water partition coefficient (Wildman–Crippen LogP) is 2.13. The number of hydrogen-bond acceptors (Lipinski definition) is 3. The van der Waals surface area contributed by atoms with E-state index in [0.29, 0.717) is 23.8 Å². The average Bonchev–Trinajstić information content (AvgIpc) is 2.96. The van der Waals surface area contributed by atoms with Crippen molar-refractivity contribution in [1.82, 2.24) is 10.2 Å². The molecule has 0 aromatic heterocycles. The normalized spacial score (nSPS) is 34.7. The third-order valence-electron chi connectivity index (χ3n) is 5.05. The molecular formula is C17H22N2OS. The van der Waals surface area contributed by atoms with Crippen LogP contribution < -0.4 is 5.32 Å². The van der Waals surface area contributed by atoms with Crippen molar-refractivity contribution in [3.8, 4) is 0 Å². The summed E-state index contributed by atoms with van der Waals surface area (Å²) in [6, 6.07) is 11.1. The molecule has 4 rings (SSSR count). The molecule has 0 spiro atoms. The van der Waals surface area contributed by atoms with Crippen LogP contribution in [0, 0.1) is 11.8 Å². The van der Waals surface area contributed by atoms with Crippen LogP contribution in [0.25, 0.3) is 0 Å². The predicted molar refractivity (Wildman–Crippen MR) is 86.1 cm³/mol. The monoisotopic (exact) mass is 302 g/mol. The smallest absolute Gasteiger partial charge is 0.233 e. The maximum Gasteiger partial charge on any atom is 0.233 e. The van der Waals surface area contributed by atoms with Crippen molar-refractivity contribution >= 4 is 17.7 Å². The molecule has 0 bridgehead atoms. The molecule has 2 heterocycles. The zero-order valence-electron chi connectivity index (χ0n) is 12.2. The zero-order valence-corrected chi connectivity index (χ0v) is 13.0. The molecule has 2 saturated heterocycles. The Hall–Kier alpha value is -1.00. The van der Waals surface area contributed by atoms with Crippen LogP contribution in [-0.2, 0) is 11.3 Å². The molecule has 0 radical (unpaired) electrons. The Kier molecular flexibility index (Phi) is 3.67. The lowest BCUT2D eigenvalue weighted by molar-refractivity contribution is -0.120. The van der Waals surface area contributed by atoms with Crippen LogP contribution in [0.15, 0.2) is 30.3 Å². The zero-order chi connectivity index (χ0) is 14.2. The van der Waals surface area contributed by atoms with Crippen LogP contribution in [0.1, 0.15) is 18.4 Å². The average molecular weight is 302 g/mol. The van der Waals surface area contributed by atoms with Crippen molar-refractivity contribution in [3.05, 3.63) is 35.9 Å². The van der Waals surface area contributed by atoms with Crippen molar-refractivity contribution < 1.29 is 4.79 Å². The van der Waals surface area contributed by atoms with Crippen LogP contribution in [0.2, 0.25) is 0 Å². The lowest BCUT2D eigenvalue weighted by Gasteiger charge is -2.20. The quantitative estimate of drug-likeness (QED) is 0.925. The van der Waals surface area contributed by atoms with E-state index < -0.39 is 0 Å². The first-order valence-electron chi connectivity index (χ1n) is 7.99. The topological polar surface area (TPSA) is 32.3 Å². The lowest BCUT2D eigenvalue weighted by Crippen LogP contribution is -2.38. The highest BCUT2D eigenvalue weighted by Gasteiger charge is 2.56. The molecule has 3 fully saturated rings. The SMILES string of the molecule is O=C(NC1[C@H]2CN(Cc3ccccc3)C[C@@H]12)C1CCCS1. The highest BCUT2D eigenvalue weighted by Crippen LogP contribution is 2.46. The van der Waals surface area contributed by atoms with Gasteiger partial charge in [-0.2, -0.15) is 0 Å². The number of amides is 1. The van der Waals surface area contributed by atoms with E-state index in [1.54, 1.807) is 0 Å². The number of thioether (sulfide) groups is 1. The van der Waals surface area contributed by atoms with Crippen LogP contribution in [0.3, 0.4) is 0 Å². The van der Waals surface area contributed by atoms with Crippen LogP contribution >= 0.6 is 11.8 Å². The second-order valence-corrected chi connectivity index (χ2v) is 7.85. The second kappa shape index (κ2) is 5.65. The molecule has 3 aliphatic rings. The minimum atomic E-state index is 0.228. The number of nitrogens with one attached hydrogen (secondary N) is 1. The van der Waals surface area contributed by atoms with Crippen molar-refractivity contribution in [2.75, 3.05) is 18.8 Å². The summed E-state index contributed by atoms with van der Waals surface area (Å²) in [5, 5.41) is 3.52. The van der Waals surface area contributed by atoms with E-state index in [1.807, 2.05) is 11.8 Å². The van der Waals surface area contributed by atoms with Crippen LogP contribution in [-0.4, -0.2) is 40.9 Å². The van der Waals surface area contributed by atoms with Crippen molar-refractivity contribution in [2.45, 2.75) is 30.7 Å². The lowest BCUT2D eigenvalue weighted by atomic mass is 10.2. The second-order valence-electron chi connectivity index (χ2n) is 6.54. The molecular weight excluding hydrogens is 280 g/mol. The minimum Gasteiger partial charge on any atom is -0.352 e. The summed E-state index contributed by atoms with van der Waals surface area (Å²) >= 11 is 1.83. The molecule has 21 heavy (non-hydrogen) atoms. The van der Waals surface area contributed by atoms with Gasteiger partial charge in [0.05, 0.1) is 5.25 Å². The first kappa shape index (κ1) is 13.6. The molecule has 4 heteroatoms. The van der Waals surface area contributed by atoms with E-state index in [0.717, 1.165) is 31.8 Å². The van der Waals surface area contributed by atoms with E-state index in [1.165, 1.54) is 12.0 Å². The third-order valence-corrected chi connectivity index (χ3v) is 6.43. The summed E-state index contributed by atoms with van der Waals surface area (Å²) in [5.41, 5.74) is 1.39. The van der Waals surface area contributed by atoms with Gasteiger partial charge >= 0.3 is 0 Å². The summed E-state index contributed by atoms with van der Waals surface area (Å²) in [4.78, 5) is 14.7. The van der Waals surface area contributed by atoms with Gasteiger partial charge in [0.2, 0.25) is 5.91 Å². The number of piperidine rings is 1. The van der Waals surface area contributed by atoms with Gasteiger partial charge in [0.1, 0.15) is 0 Å². The van der Waals surface area contributed by atoms with E-state index in [4.69, 9.17) is 0 Å². The molecule has 4 atom stereocenters. The van der Waals surface area contributed by atoms with Crippen LogP contribution in [0.5, 0.6) is 0 Å². The molecule has 1 N–H and O–H groups in total. The largest absolute Gasteiger partial charge is 0.352 e. The van der Waals surface area contributed by atoms with E-state index in [-0.39, 0.29) is 5.25 Å². The maximum atomic E-state index is 12.2. The number of carbonyl (C=O) groups excluding carboxylic acids is 1. The molecule has 2 aliphatic heterocycles. The summed E-state index contributed by atoms with van der Waals surface area (Å²) in [6.45, 7) is 3.33. The number of benzene rings is 1. The number of rotatable bonds is 4. The number of fused-ring (bicyclic) bond motifs is 1. The van der Waals surface area contributed by atoms with Crippen molar-refractivity contribution in [2.24, 2.45) is 11.8 Å². The van der Waals surface area contributed by atoms with Gasteiger partial charge in [0.15, 0.2) is 0 Å². The number of likely N-dealkylation sites (tertiary alicyclic amines) is 1. The summed E-state index contributed by atoms with van der Waals surface area (Å²) < 4.78 is 0. The molecule has 112 valence electrons. The standard InChI is InChI=1S/C17H22N2OS/c20-17(15-7-4-8-21-15)18-16-13-10-19(11-14(13)16)9-12-5-2-1-3-6-12/h1-3,5-6,13-16H,4,7-11H2,(H,18,20)/t13-,14+,15?,16?. The van der Waals surface area contributed by atoms with Gasteiger partial charge < -0.3 is 5.32 Å². The Morgan fingerprint density at radius 2 is 2.00 bits per heavy atom. The first-order valence-corrected chi connectivity index (χ1v) is 9.04. The molecule has 3 nitrogen and oxygen atoms in total. The molecule has 2 unspecified atom stereocenters. The van der Waals surface area contributed by atoms with Crippen LogP contribution in [0.4, 0.5) is 0 Å². The Morgan fingerprint density at radius 3 is 2.67 bits per heavy atom. The minimum absolute atomic E-state index is 0.228. The first-order chi connectivity index (χ1) is 10.3. The van der Waals surface area contributed by atoms with Gasteiger partial charge in [0.25, 0.3) is 0 Å². The molecule has 1 aromatic carbocycles. The van der Waals surface area contributed by atoms with E-state index >= 15 is 0 Å². The Balaban J connectivity index is 1.25. The molecule has 1 amide bonds. The van der Waals surface area contributed by atoms with Gasteiger partial charge in [-0.3, -0.25) is 9.69 Å². The van der Waals surface area contributed by atoms with Gasteiger partial charge in [0, 0.05) is 25.7 Å². The Labute approximate surface area is 130 Å². The third kappa shape index (κ3) is 2.84. The fraction of sp³-hybridized carbons (Fsp3) is 0.588. The van der Waals surface area contributed by atoms with Gasteiger partial charge in [-0.1, -0.05) is 30.3 Å². The molecule has 1 aromatic rings. The summed E-state index contributed by atoms with van der Waals surface area (Å²) in [7, 11) is 0. The molecule has 1 aliphatic carbocycles. The van der Waals surface area contributed by atoms with Gasteiger partial charge in [-0.05, 0) is 36.0 Å². The summed E-state index contributed by atoms with van der Waals surface area (Å²) in [6.07, 6.45) is 2.27. The number of hydrogen-bond donors (Lipinski definition) is 1. The van der Waals surface area contributed by atoms with Crippen molar-refractivity contribution in [3.63, 3.8) is 0 Å². The molecule has 1 saturated carbocycles. The Bertz CT molecular complexity index is 503. The fourth-order valence-electron chi connectivity index (χ4n) is 3.84. The highest BCUT2D eigenvalue weighted by molar-refractivity contribution is 8.00. The van der Waals surface area contributed by atoms with Gasteiger partial charge in [-0.25, -0.2) is 0 Å². The Morgan fingerprint density at radius 1 is 1.24 bits per heavy atom. The number of carbonyl (C=O) groups is 1. The number of nitrogens with zero attached hydrogens (tertiary/aromatic N) is 1. The van der Waals surface area contributed by atoms with E-state index in [9.17, 15) is 4.79 Å². The summed E-state index contributed by atoms with van der Waals surface area (Å²) in [5.74, 6) is 2.85. The van der Waals surface area contributed by atoms with Crippen molar-refractivity contribution in [1.29, 1.82) is 0 Å². The maximum absolute atomic E-state index is 12.2. The van der Waals surface area contributed by atoms with Gasteiger partial charge in [-0.15, -0.1) is 11.8 Å².